The van der Waals surface area contributed by atoms with Gasteiger partial charge in [0.25, 0.3) is 0 Å². The molecule has 0 aliphatic heterocycles. The van der Waals surface area contributed by atoms with Crippen LogP contribution in [0.3, 0.4) is 0 Å². The van der Waals surface area contributed by atoms with E-state index in [1.807, 2.05) is 0 Å². The smallest absolute Gasteiger partial charge is 0.0779 e. The van der Waals surface area contributed by atoms with E-state index < -0.39 is 0 Å². The molecule has 2 heteroatoms. The lowest BCUT2D eigenvalue weighted by Gasteiger charge is -2.37. The fraction of sp³-hybridized carbons (Fsp3) is 0.867. The molecule has 17 heavy (non-hydrogen) atoms. The SMILES string of the molecule is C=C(C)CC(NCCC)C(OCC)C(C)(C)C. The molecule has 0 aromatic rings. The summed E-state index contributed by atoms with van der Waals surface area (Å²) in [5.74, 6) is 0. The van der Waals surface area contributed by atoms with Crippen molar-refractivity contribution in [2.45, 2.75) is 66.5 Å². The highest BCUT2D eigenvalue weighted by atomic mass is 16.5. The van der Waals surface area contributed by atoms with Crippen molar-refractivity contribution < 1.29 is 4.74 Å². The van der Waals surface area contributed by atoms with E-state index in [9.17, 15) is 0 Å². The summed E-state index contributed by atoms with van der Waals surface area (Å²) in [6.07, 6.45) is 2.37. The Morgan fingerprint density at radius 3 is 2.24 bits per heavy atom. The summed E-state index contributed by atoms with van der Waals surface area (Å²) in [7, 11) is 0. The van der Waals surface area contributed by atoms with Gasteiger partial charge in [-0.2, -0.15) is 0 Å². The Labute approximate surface area is 108 Å². The van der Waals surface area contributed by atoms with Crippen LogP contribution in [-0.4, -0.2) is 25.3 Å². The van der Waals surface area contributed by atoms with Crippen molar-refractivity contribution in [3.05, 3.63) is 12.2 Å². The summed E-state index contributed by atoms with van der Waals surface area (Å²) < 4.78 is 5.96. The van der Waals surface area contributed by atoms with Crippen molar-refractivity contribution in [1.29, 1.82) is 0 Å². The van der Waals surface area contributed by atoms with E-state index in [0.717, 1.165) is 26.0 Å². The molecule has 0 aliphatic carbocycles. The van der Waals surface area contributed by atoms with Crippen molar-refractivity contribution in [2.24, 2.45) is 5.41 Å². The fourth-order valence-corrected chi connectivity index (χ4v) is 2.14. The molecule has 0 aromatic carbocycles. The molecule has 2 unspecified atom stereocenters. The van der Waals surface area contributed by atoms with Gasteiger partial charge in [-0.05, 0) is 38.6 Å². The summed E-state index contributed by atoms with van der Waals surface area (Å²) in [4.78, 5) is 0. The minimum absolute atomic E-state index is 0.150. The summed E-state index contributed by atoms with van der Waals surface area (Å²) >= 11 is 0. The van der Waals surface area contributed by atoms with Gasteiger partial charge >= 0.3 is 0 Å². The molecule has 0 aromatic heterocycles. The zero-order chi connectivity index (χ0) is 13.5. The van der Waals surface area contributed by atoms with Crippen LogP contribution in [0, 0.1) is 5.41 Å². The molecule has 102 valence electrons. The van der Waals surface area contributed by atoms with Crippen molar-refractivity contribution in [2.75, 3.05) is 13.2 Å². The van der Waals surface area contributed by atoms with E-state index >= 15 is 0 Å². The molecular formula is C15H31NO. The molecule has 0 fully saturated rings. The second-order valence-electron chi connectivity index (χ2n) is 5.96. The Morgan fingerprint density at radius 2 is 1.88 bits per heavy atom. The van der Waals surface area contributed by atoms with Gasteiger partial charge < -0.3 is 10.1 Å². The summed E-state index contributed by atoms with van der Waals surface area (Å²) in [6.45, 7) is 18.9. The molecule has 0 bridgehead atoms. The van der Waals surface area contributed by atoms with Gasteiger partial charge in [0.05, 0.1) is 6.10 Å². The quantitative estimate of drug-likeness (QED) is 0.653. The van der Waals surface area contributed by atoms with Crippen LogP contribution in [-0.2, 0) is 4.74 Å². The lowest BCUT2D eigenvalue weighted by Crippen LogP contribution is -2.48. The van der Waals surface area contributed by atoms with Crippen LogP contribution in [0.2, 0.25) is 0 Å². The molecule has 2 atom stereocenters. The number of ether oxygens (including phenoxy) is 1. The third-order valence-electron chi connectivity index (χ3n) is 2.79. The maximum Gasteiger partial charge on any atom is 0.0779 e. The lowest BCUT2D eigenvalue weighted by molar-refractivity contribution is -0.0354. The number of hydrogen-bond donors (Lipinski definition) is 1. The van der Waals surface area contributed by atoms with E-state index in [1.54, 1.807) is 0 Å². The van der Waals surface area contributed by atoms with E-state index in [-0.39, 0.29) is 11.5 Å². The normalized spacial score (nSPS) is 15.6. The molecule has 0 saturated carbocycles. The van der Waals surface area contributed by atoms with Gasteiger partial charge in [-0.25, -0.2) is 0 Å². The molecule has 0 radical (unpaired) electrons. The molecule has 0 spiro atoms. The minimum Gasteiger partial charge on any atom is -0.376 e. The predicted octanol–water partition coefficient (Wildman–Crippen LogP) is 3.77. The van der Waals surface area contributed by atoms with Crippen molar-refractivity contribution in [1.82, 2.24) is 5.32 Å². The zero-order valence-corrected chi connectivity index (χ0v) is 12.6. The zero-order valence-electron chi connectivity index (χ0n) is 12.6. The highest BCUT2D eigenvalue weighted by Gasteiger charge is 2.32. The second-order valence-corrected chi connectivity index (χ2v) is 5.96. The first kappa shape index (κ1) is 16.7. The first-order valence-electron chi connectivity index (χ1n) is 6.82. The van der Waals surface area contributed by atoms with Gasteiger partial charge in [0.1, 0.15) is 0 Å². The van der Waals surface area contributed by atoms with Gasteiger partial charge in [0.2, 0.25) is 0 Å². The lowest BCUT2D eigenvalue weighted by atomic mass is 9.82. The van der Waals surface area contributed by atoms with E-state index in [4.69, 9.17) is 4.74 Å². The summed E-state index contributed by atoms with van der Waals surface area (Å²) in [6, 6.07) is 0.368. The summed E-state index contributed by atoms with van der Waals surface area (Å²) in [5, 5.41) is 3.61. The second kappa shape index (κ2) is 7.88. The van der Waals surface area contributed by atoms with Crippen LogP contribution in [0.5, 0.6) is 0 Å². The third kappa shape index (κ3) is 6.85. The number of hydrogen-bond acceptors (Lipinski definition) is 2. The predicted molar refractivity (Wildman–Crippen MR) is 76.4 cm³/mol. The first-order valence-corrected chi connectivity index (χ1v) is 6.82. The standard InChI is InChI=1S/C15H31NO/c1-8-10-16-13(11-12(3)4)14(17-9-2)15(5,6)7/h13-14,16H,3,8-11H2,1-2,4-7H3. The number of rotatable bonds is 8. The van der Waals surface area contributed by atoms with Gasteiger partial charge in [0.15, 0.2) is 0 Å². The number of nitrogens with one attached hydrogen (secondary N) is 1. The first-order chi connectivity index (χ1) is 7.82. The van der Waals surface area contributed by atoms with Gasteiger partial charge in [-0.1, -0.05) is 33.3 Å². The third-order valence-corrected chi connectivity index (χ3v) is 2.79. The molecule has 1 N–H and O–H groups in total. The molecule has 0 saturated heterocycles. The maximum absolute atomic E-state index is 5.96. The minimum atomic E-state index is 0.150. The highest BCUT2D eigenvalue weighted by molar-refractivity contribution is 4.98. The Hall–Kier alpha value is -0.340. The molecule has 0 rings (SSSR count). The van der Waals surface area contributed by atoms with Gasteiger partial charge in [-0.15, -0.1) is 6.58 Å². The van der Waals surface area contributed by atoms with Crippen LogP contribution in [0.4, 0.5) is 0 Å². The van der Waals surface area contributed by atoms with E-state index in [0.29, 0.717) is 6.04 Å². The monoisotopic (exact) mass is 241 g/mol. The molecule has 0 amide bonds. The Kier molecular flexibility index (Phi) is 7.73. The summed E-state index contributed by atoms with van der Waals surface area (Å²) in [5.41, 5.74) is 1.37. The fourth-order valence-electron chi connectivity index (χ4n) is 2.14. The molecular weight excluding hydrogens is 210 g/mol. The Bertz CT molecular complexity index is 217. The van der Waals surface area contributed by atoms with Crippen LogP contribution in [0.1, 0.15) is 54.4 Å². The van der Waals surface area contributed by atoms with Crippen LogP contribution >= 0.6 is 0 Å². The highest BCUT2D eigenvalue weighted by Crippen LogP contribution is 2.27. The average molecular weight is 241 g/mol. The molecule has 0 aliphatic rings. The van der Waals surface area contributed by atoms with Gasteiger partial charge in [-0.3, -0.25) is 0 Å². The maximum atomic E-state index is 5.96. The molecule has 2 nitrogen and oxygen atoms in total. The molecule has 0 heterocycles. The van der Waals surface area contributed by atoms with Crippen LogP contribution < -0.4 is 5.32 Å². The van der Waals surface area contributed by atoms with Crippen molar-refractivity contribution in [3.63, 3.8) is 0 Å². The van der Waals surface area contributed by atoms with E-state index in [2.05, 4.69) is 53.4 Å². The topological polar surface area (TPSA) is 21.3 Å². The van der Waals surface area contributed by atoms with Crippen molar-refractivity contribution >= 4 is 0 Å². The van der Waals surface area contributed by atoms with Crippen LogP contribution in [0.25, 0.3) is 0 Å². The van der Waals surface area contributed by atoms with Crippen LogP contribution in [0.15, 0.2) is 12.2 Å². The largest absolute Gasteiger partial charge is 0.376 e. The van der Waals surface area contributed by atoms with Crippen molar-refractivity contribution in [3.8, 4) is 0 Å². The van der Waals surface area contributed by atoms with Gasteiger partial charge in [0, 0.05) is 12.6 Å². The Morgan fingerprint density at radius 1 is 1.29 bits per heavy atom. The average Bonchev–Trinajstić information content (AvgIpc) is 2.19. The Balaban J connectivity index is 4.72. The van der Waals surface area contributed by atoms with E-state index in [1.165, 1.54) is 5.57 Å².